The zero-order chi connectivity index (χ0) is 105. The SMILES string of the molecule is CCCNC(=O)O[C@@H]1C[C@@H](C(O)(c2ccccc2)c2ccccc2)N(C(=O)c2cc(C(=O)N3CCCCC3)cc(C(=O)N3C[C@H](OC(=O)NCCC[Si](OCC)(OCC)OCC)C[C@H]3C(O)(c3ccccc3)c3ccccc3)c2)C1.CCO[SiH](OCC)OCC.CCO[Si](CCCNC(=O)O[C@H]1CN[C@H](C(O)(c2ccccc2)c2ccccc2)C1)(OCC)OCC.O=C(Cl)c1cc(C(=O)Cl)cc(C(=O)N2CCCCC2)c1. The molecule has 5 aliphatic rings. The average Bonchev–Trinajstić information content (AvgIpc) is 1.56. The first-order valence-electron chi connectivity index (χ1n) is 51.2. The van der Waals surface area contributed by atoms with Crippen molar-refractivity contribution in [1.29, 1.82) is 0 Å². The first-order valence-corrected chi connectivity index (χ1v) is 57.3. The molecule has 13 rings (SSSR count). The van der Waals surface area contributed by atoms with Crippen LogP contribution in [0, 0.1) is 0 Å². The van der Waals surface area contributed by atoms with Gasteiger partial charge >= 0.3 is 45.4 Å². The highest BCUT2D eigenvalue weighted by Crippen LogP contribution is 2.45. The number of likely N-dealkylation sites (tertiary alicyclic amines) is 4. The Morgan fingerprint density at radius 2 is 0.630 bits per heavy atom. The van der Waals surface area contributed by atoms with Crippen molar-refractivity contribution in [3.05, 3.63) is 285 Å². The van der Waals surface area contributed by atoms with E-state index in [0.29, 0.717) is 165 Å². The van der Waals surface area contributed by atoms with Gasteiger partial charge in [0.1, 0.15) is 35.1 Å². The number of carbonyl (C=O) groups is 9. The van der Waals surface area contributed by atoms with Crippen LogP contribution < -0.4 is 21.3 Å². The van der Waals surface area contributed by atoms with E-state index in [4.69, 9.17) is 77.2 Å². The normalized spacial score (nSPS) is 17.5. The van der Waals surface area contributed by atoms with Crippen LogP contribution in [0.25, 0.3) is 0 Å². The lowest BCUT2D eigenvalue weighted by molar-refractivity contribution is -0.00153. The predicted molar refractivity (Wildman–Crippen MR) is 563 cm³/mol. The van der Waals surface area contributed by atoms with E-state index in [0.717, 1.165) is 49.7 Å². The highest BCUT2D eigenvalue weighted by molar-refractivity contribution is 6.69. The summed E-state index contributed by atoms with van der Waals surface area (Å²) in [6.45, 7) is 27.6. The minimum atomic E-state index is -2.99. The number of ether oxygens (including phenoxy) is 3. The smallest absolute Gasteiger partial charge is 0.445 e. The van der Waals surface area contributed by atoms with Crippen molar-refractivity contribution in [2.24, 2.45) is 0 Å². The fourth-order valence-corrected chi connectivity index (χ4v) is 25.7. The van der Waals surface area contributed by atoms with Gasteiger partial charge in [-0.2, -0.15) is 0 Å². The average molecular weight is 2110 g/mol. The molecular weight excluding hydrogens is 1960 g/mol. The van der Waals surface area contributed by atoms with Gasteiger partial charge in [0.25, 0.3) is 34.1 Å². The van der Waals surface area contributed by atoms with Gasteiger partial charge in [-0.3, -0.25) is 28.8 Å². The predicted octanol–water partition coefficient (Wildman–Crippen LogP) is 16.4. The standard InChI is InChI=1S/C62H77N5O12Si.C27H40N2O6Si.C14H13Cl2NO3.C6H16O3Si/c1-5-33-63-59(71)78-52-41-54(61(73,48-25-14-9-15-26-48)49-27-16-10-17-28-49)66(43-52)57(69)46-38-45(56(68)65-35-22-13-23-36-65)39-47(40-46)58(70)67-44-53(79-60(72)64-34-24-37-80(75-6-2,76-7-3)77-8-4)42-55(67)62(74,50-29-18-11-19-30-50)51-31-20-12-21-32-51;1-4-32-36(33-5-2,34-6-3)19-13-18-28-26(30)35-24-20-25(29-21-24)27(31,22-14-9-7-10-15-22)23-16-11-8-12-17-23;15-12(18)9-6-10(13(16)19)8-11(7-9)14(20)17-4-2-1-3-5-17;1-4-7-10(8-5-2)9-6-3/h9-12,14-21,25-32,38-40,52-55,73-74H,5-8,13,22-24,33-37,41-44H2,1-4H3,(H,63,71)(H,64,72);7-12,14-17,24-25,29,31H,4-6,13,18-21H2,1-3H3,(H,28,30);6-8H,1-5H2;10H,4-6H2,1-3H3/t52-,53-,54+,55+;24-,25+;;/m11../s1. The summed E-state index contributed by atoms with van der Waals surface area (Å²) in [7, 11) is -7.45. The van der Waals surface area contributed by atoms with Gasteiger partial charge in [-0.05, 0) is 213 Å². The molecule has 792 valence electrons. The molecule has 5 fully saturated rings. The second-order valence-corrected chi connectivity index (χ2v) is 43.4. The van der Waals surface area contributed by atoms with Crippen molar-refractivity contribution >= 4 is 103 Å². The Kier molecular flexibility index (Phi) is 47.9. The molecule has 0 unspecified atom stereocenters. The van der Waals surface area contributed by atoms with Gasteiger partial charge in [0.15, 0.2) is 0 Å². The van der Waals surface area contributed by atoms with Gasteiger partial charge in [0.2, 0.25) is 0 Å². The van der Waals surface area contributed by atoms with E-state index in [1.807, 2.05) is 154 Å². The molecule has 32 nitrogen and oxygen atoms in total. The summed E-state index contributed by atoms with van der Waals surface area (Å²) in [5, 5.41) is 49.0. The number of hydrogen-bond donors (Lipinski definition) is 7. The largest absolute Gasteiger partial charge is 0.500 e. The molecule has 0 bridgehead atoms. The van der Waals surface area contributed by atoms with Crippen LogP contribution in [0.3, 0.4) is 0 Å². The summed E-state index contributed by atoms with van der Waals surface area (Å²) < 4.78 is 69.0. The summed E-state index contributed by atoms with van der Waals surface area (Å²) in [5.74, 6) is -1.82. The molecule has 7 N–H and O–H groups in total. The van der Waals surface area contributed by atoms with Gasteiger partial charge in [-0.1, -0.05) is 189 Å². The number of hydrogen-bond acceptors (Lipinski definition) is 25. The number of carbonyl (C=O) groups excluding carboxylic acids is 9. The van der Waals surface area contributed by atoms with Crippen LogP contribution >= 0.6 is 23.2 Å². The van der Waals surface area contributed by atoms with E-state index >= 15 is 9.59 Å². The molecule has 8 aromatic rings. The van der Waals surface area contributed by atoms with Crippen LogP contribution in [-0.2, 0) is 70.8 Å². The molecule has 6 atom stereocenters. The van der Waals surface area contributed by atoms with Crippen LogP contribution in [-0.4, -0.2) is 276 Å². The molecule has 5 saturated heterocycles. The maximum Gasteiger partial charge on any atom is 0.500 e. The minimum Gasteiger partial charge on any atom is -0.445 e. The monoisotopic (exact) mass is 2100 g/mol. The van der Waals surface area contributed by atoms with Crippen LogP contribution in [0.2, 0.25) is 12.1 Å². The van der Waals surface area contributed by atoms with Gasteiger partial charge < -0.3 is 110 Å². The van der Waals surface area contributed by atoms with Crippen molar-refractivity contribution in [1.82, 2.24) is 40.9 Å². The Labute approximate surface area is 872 Å². The minimum absolute atomic E-state index is 0.00686. The van der Waals surface area contributed by atoms with Crippen LogP contribution in [0.1, 0.15) is 242 Å². The van der Waals surface area contributed by atoms with Gasteiger partial charge in [0.05, 0.1) is 25.2 Å². The van der Waals surface area contributed by atoms with Crippen LogP contribution in [0.4, 0.5) is 14.4 Å². The van der Waals surface area contributed by atoms with Crippen LogP contribution in [0.15, 0.2) is 218 Å². The molecule has 0 radical (unpaired) electrons. The quantitative estimate of drug-likeness (QED) is 0.00806. The first kappa shape index (κ1) is 117. The van der Waals surface area contributed by atoms with Crippen molar-refractivity contribution < 1.29 is 113 Å². The lowest BCUT2D eigenvalue weighted by atomic mass is 9.78. The molecule has 0 aliphatic carbocycles. The molecule has 146 heavy (non-hydrogen) atoms. The van der Waals surface area contributed by atoms with Crippen molar-refractivity contribution in [2.45, 2.75) is 212 Å². The number of nitrogens with zero attached hydrogens (tertiary/aromatic N) is 4. The molecular formula is C109H146Cl2N8O24Si3. The number of alkyl carbamates (subject to hydrolysis) is 3. The fourth-order valence-electron chi connectivity index (χ4n) is 19.2. The fraction of sp³-hybridized carbons (Fsp3) is 0.477. The molecule has 0 spiro atoms. The van der Waals surface area contributed by atoms with Crippen LogP contribution in [0.5, 0.6) is 0 Å². The third-order valence-corrected chi connectivity index (χ3v) is 34.3. The van der Waals surface area contributed by atoms with E-state index in [-0.39, 0.29) is 89.8 Å². The Morgan fingerprint density at radius 3 is 0.918 bits per heavy atom. The second-order valence-electron chi connectivity index (χ2n) is 35.6. The summed E-state index contributed by atoms with van der Waals surface area (Å²) >= 11 is 10.8. The summed E-state index contributed by atoms with van der Waals surface area (Å²) in [6.07, 6.45) is 3.92. The lowest BCUT2D eigenvalue weighted by Gasteiger charge is -2.40. The number of halogens is 2. The third kappa shape index (κ3) is 32.3. The number of amides is 7. The highest BCUT2D eigenvalue weighted by atomic mass is 35.5. The molecule has 5 aliphatic heterocycles. The molecule has 0 aromatic heterocycles. The zero-order valence-electron chi connectivity index (χ0n) is 85.6. The Bertz CT molecular complexity index is 5190. The number of benzene rings is 8. The van der Waals surface area contributed by atoms with Gasteiger partial charge in [0, 0.05) is 183 Å². The van der Waals surface area contributed by atoms with E-state index < -0.39 is 109 Å². The number of aliphatic hydroxyl groups is 3. The Morgan fingerprint density at radius 1 is 0.356 bits per heavy atom. The Hall–Kier alpha value is -10.5. The van der Waals surface area contributed by atoms with Crippen molar-refractivity contribution in [3.63, 3.8) is 0 Å². The summed E-state index contributed by atoms with van der Waals surface area (Å²) in [6, 6.07) is 62.4. The number of nitrogens with one attached hydrogen (secondary N) is 4. The van der Waals surface area contributed by atoms with E-state index in [2.05, 4.69) is 21.3 Å². The van der Waals surface area contributed by atoms with E-state index in [9.17, 15) is 48.9 Å². The second kappa shape index (κ2) is 59.6. The first-order chi connectivity index (χ1) is 70.6. The Balaban J connectivity index is 0.000000267. The molecule has 37 heteroatoms. The maximum absolute atomic E-state index is 15.8. The topological polar surface area (TPSA) is 386 Å². The lowest BCUT2D eigenvalue weighted by Crippen LogP contribution is -2.51. The van der Waals surface area contributed by atoms with Crippen molar-refractivity contribution in [3.8, 4) is 0 Å². The summed E-state index contributed by atoms with van der Waals surface area (Å²) in [5.41, 5.74) is -0.870. The number of rotatable bonds is 46. The van der Waals surface area contributed by atoms with Gasteiger partial charge in [-0.25, -0.2) is 14.4 Å². The maximum atomic E-state index is 15.8. The number of piperidine rings is 2. The summed E-state index contributed by atoms with van der Waals surface area (Å²) in [4.78, 5) is 127. The molecule has 8 aromatic carbocycles. The molecule has 7 amide bonds. The van der Waals surface area contributed by atoms with E-state index in [1.54, 1.807) is 107 Å². The third-order valence-electron chi connectivity index (χ3n) is 25.8. The molecule has 5 heterocycles. The zero-order valence-corrected chi connectivity index (χ0v) is 90.3. The van der Waals surface area contributed by atoms with E-state index in [1.165, 1.54) is 46.2 Å². The highest BCUT2D eigenvalue weighted by Gasteiger charge is 2.55. The van der Waals surface area contributed by atoms with Crippen molar-refractivity contribution in [2.75, 3.05) is 125 Å². The molecule has 0 saturated carbocycles. The van der Waals surface area contributed by atoms with Gasteiger partial charge in [-0.15, -0.1) is 0 Å².